The van der Waals surface area contributed by atoms with Crippen LogP contribution in [-0.2, 0) is 5.41 Å². The summed E-state index contributed by atoms with van der Waals surface area (Å²) < 4.78 is 5.72. The second kappa shape index (κ2) is 2.51. The molecule has 1 heterocycles. The quantitative estimate of drug-likeness (QED) is 0.674. The lowest BCUT2D eigenvalue weighted by molar-refractivity contribution is 0.256. The van der Waals surface area contributed by atoms with E-state index in [-0.39, 0.29) is 5.41 Å². The van der Waals surface area contributed by atoms with Crippen LogP contribution < -0.4 is 10.5 Å². The van der Waals surface area contributed by atoms with Crippen LogP contribution in [0.3, 0.4) is 0 Å². The van der Waals surface area contributed by atoms with Crippen LogP contribution in [0.2, 0.25) is 0 Å². The van der Waals surface area contributed by atoms with Gasteiger partial charge in [-0.3, -0.25) is 0 Å². The summed E-state index contributed by atoms with van der Waals surface area (Å²) in [6.07, 6.45) is 2.22. The maximum Gasteiger partial charge on any atom is 0.126 e. The van der Waals surface area contributed by atoms with Crippen molar-refractivity contribution in [1.82, 2.24) is 0 Å². The van der Waals surface area contributed by atoms with Gasteiger partial charge < -0.3 is 10.5 Å². The molecule has 0 saturated heterocycles. The van der Waals surface area contributed by atoms with Crippen LogP contribution in [0.15, 0.2) is 18.2 Å². The summed E-state index contributed by atoms with van der Waals surface area (Å²) in [5.41, 5.74) is 8.89. The SMILES string of the molecule is Cc1cccc2c1OCCC21CC1N. The molecule has 2 aliphatic rings. The van der Waals surface area contributed by atoms with Crippen LogP contribution >= 0.6 is 0 Å². The van der Waals surface area contributed by atoms with Crippen molar-refractivity contribution >= 4 is 0 Å². The van der Waals surface area contributed by atoms with E-state index < -0.39 is 0 Å². The first-order chi connectivity index (χ1) is 6.74. The number of rotatable bonds is 0. The minimum Gasteiger partial charge on any atom is -0.493 e. The molecule has 1 fully saturated rings. The van der Waals surface area contributed by atoms with E-state index in [1.54, 1.807) is 0 Å². The maximum atomic E-state index is 6.04. The molecule has 2 atom stereocenters. The second-order valence-electron chi connectivity index (χ2n) is 4.52. The van der Waals surface area contributed by atoms with E-state index in [1.807, 2.05) is 0 Å². The van der Waals surface area contributed by atoms with Crippen LogP contribution in [0.4, 0.5) is 0 Å². The zero-order valence-electron chi connectivity index (χ0n) is 8.42. The van der Waals surface area contributed by atoms with Gasteiger partial charge in [-0.25, -0.2) is 0 Å². The fourth-order valence-corrected chi connectivity index (χ4v) is 2.64. The third kappa shape index (κ3) is 0.894. The van der Waals surface area contributed by atoms with Crippen molar-refractivity contribution in [2.45, 2.75) is 31.2 Å². The van der Waals surface area contributed by atoms with Crippen LogP contribution in [0.5, 0.6) is 5.75 Å². The largest absolute Gasteiger partial charge is 0.493 e. The molecule has 74 valence electrons. The summed E-state index contributed by atoms with van der Waals surface area (Å²) in [5, 5.41) is 0. The van der Waals surface area contributed by atoms with E-state index in [0.29, 0.717) is 6.04 Å². The van der Waals surface area contributed by atoms with E-state index in [1.165, 1.54) is 11.1 Å². The van der Waals surface area contributed by atoms with Crippen LogP contribution in [0, 0.1) is 6.92 Å². The normalized spacial score (nSPS) is 33.7. The highest BCUT2D eigenvalue weighted by molar-refractivity contribution is 5.51. The molecule has 1 spiro atoms. The number of aryl methyl sites for hydroxylation is 1. The molecule has 1 aromatic rings. The Labute approximate surface area is 84.1 Å². The lowest BCUT2D eigenvalue weighted by Gasteiger charge is -2.27. The number of nitrogens with two attached hydrogens (primary N) is 1. The average molecular weight is 189 g/mol. The van der Waals surface area contributed by atoms with Gasteiger partial charge in [0.1, 0.15) is 5.75 Å². The van der Waals surface area contributed by atoms with E-state index in [2.05, 4.69) is 25.1 Å². The Kier molecular flexibility index (Phi) is 1.49. The van der Waals surface area contributed by atoms with Gasteiger partial charge in [0.2, 0.25) is 0 Å². The molecule has 14 heavy (non-hydrogen) atoms. The molecular weight excluding hydrogens is 174 g/mol. The van der Waals surface area contributed by atoms with Gasteiger partial charge >= 0.3 is 0 Å². The molecule has 2 unspecified atom stereocenters. The molecule has 1 saturated carbocycles. The third-order valence-electron chi connectivity index (χ3n) is 3.68. The highest BCUT2D eigenvalue weighted by atomic mass is 16.5. The number of hydrogen-bond acceptors (Lipinski definition) is 2. The molecule has 3 rings (SSSR count). The van der Waals surface area contributed by atoms with Crippen molar-refractivity contribution in [3.63, 3.8) is 0 Å². The molecule has 2 N–H and O–H groups in total. The van der Waals surface area contributed by atoms with E-state index in [9.17, 15) is 0 Å². The summed E-state index contributed by atoms with van der Waals surface area (Å²) in [7, 11) is 0. The number of benzene rings is 1. The summed E-state index contributed by atoms with van der Waals surface area (Å²) in [5.74, 6) is 1.09. The monoisotopic (exact) mass is 189 g/mol. The lowest BCUT2D eigenvalue weighted by Crippen LogP contribution is -2.26. The van der Waals surface area contributed by atoms with Crippen molar-refractivity contribution in [3.8, 4) is 5.75 Å². The fraction of sp³-hybridized carbons (Fsp3) is 0.500. The molecule has 1 aromatic carbocycles. The number of fused-ring (bicyclic) bond motifs is 2. The molecule has 2 nitrogen and oxygen atoms in total. The van der Waals surface area contributed by atoms with Crippen molar-refractivity contribution < 1.29 is 4.74 Å². The van der Waals surface area contributed by atoms with E-state index >= 15 is 0 Å². The number of para-hydroxylation sites is 1. The van der Waals surface area contributed by atoms with Crippen molar-refractivity contribution in [1.29, 1.82) is 0 Å². The van der Waals surface area contributed by atoms with Gasteiger partial charge in [-0.05, 0) is 25.3 Å². The van der Waals surface area contributed by atoms with Gasteiger partial charge in [0.05, 0.1) is 6.61 Å². The van der Waals surface area contributed by atoms with E-state index in [0.717, 1.165) is 25.2 Å². The standard InChI is InChI=1S/C12H15NO/c1-8-3-2-4-9-11(8)14-6-5-12(9)7-10(12)13/h2-4,10H,5-7,13H2,1H3. The Morgan fingerprint density at radius 1 is 1.50 bits per heavy atom. The second-order valence-corrected chi connectivity index (χ2v) is 4.52. The predicted molar refractivity (Wildman–Crippen MR) is 55.6 cm³/mol. The zero-order chi connectivity index (χ0) is 9.76. The summed E-state index contributed by atoms with van der Waals surface area (Å²) in [6, 6.07) is 6.74. The van der Waals surface area contributed by atoms with Gasteiger partial charge in [-0.1, -0.05) is 18.2 Å². The minimum atomic E-state index is 0.263. The first-order valence-electron chi connectivity index (χ1n) is 5.22. The first kappa shape index (κ1) is 8.30. The molecule has 0 aromatic heterocycles. The zero-order valence-corrected chi connectivity index (χ0v) is 8.42. The van der Waals surface area contributed by atoms with Crippen LogP contribution in [0.1, 0.15) is 24.0 Å². The Hall–Kier alpha value is -1.02. The third-order valence-corrected chi connectivity index (χ3v) is 3.68. The van der Waals surface area contributed by atoms with Crippen molar-refractivity contribution in [3.05, 3.63) is 29.3 Å². The summed E-state index contributed by atoms with van der Waals surface area (Å²) in [4.78, 5) is 0. The smallest absolute Gasteiger partial charge is 0.126 e. The lowest BCUT2D eigenvalue weighted by atomic mass is 9.88. The highest BCUT2D eigenvalue weighted by Gasteiger charge is 2.55. The van der Waals surface area contributed by atoms with Crippen molar-refractivity contribution in [2.75, 3.05) is 6.61 Å². The highest BCUT2D eigenvalue weighted by Crippen LogP contribution is 2.55. The Bertz CT molecular complexity index is 388. The number of ether oxygens (including phenoxy) is 1. The Balaban J connectivity index is 2.16. The fourth-order valence-electron chi connectivity index (χ4n) is 2.64. The van der Waals surface area contributed by atoms with Crippen molar-refractivity contribution in [2.24, 2.45) is 5.73 Å². The number of hydrogen-bond donors (Lipinski definition) is 1. The summed E-state index contributed by atoms with van der Waals surface area (Å²) in [6.45, 7) is 2.93. The van der Waals surface area contributed by atoms with Gasteiger partial charge in [-0.2, -0.15) is 0 Å². The maximum absolute atomic E-state index is 6.04. The predicted octanol–water partition coefficient (Wildman–Crippen LogP) is 1.75. The van der Waals surface area contributed by atoms with Gasteiger partial charge in [0, 0.05) is 17.0 Å². The van der Waals surface area contributed by atoms with Gasteiger partial charge in [0.25, 0.3) is 0 Å². The molecule has 0 amide bonds. The van der Waals surface area contributed by atoms with Gasteiger partial charge in [-0.15, -0.1) is 0 Å². The average Bonchev–Trinajstić information content (AvgIpc) is 2.80. The molecular formula is C12H15NO. The van der Waals surface area contributed by atoms with Crippen LogP contribution in [0.25, 0.3) is 0 Å². The summed E-state index contributed by atoms with van der Waals surface area (Å²) >= 11 is 0. The molecule has 0 radical (unpaired) electrons. The molecule has 1 aliphatic carbocycles. The minimum absolute atomic E-state index is 0.263. The van der Waals surface area contributed by atoms with Crippen LogP contribution in [-0.4, -0.2) is 12.6 Å². The van der Waals surface area contributed by atoms with Gasteiger partial charge in [0.15, 0.2) is 0 Å². The first-order valence-corrected chi connectivity index (χ1v) is 5.22. The molecule has 2 heteroatoms. The molecule has 1 aliphatic heterocycles. The Morgan fingerprint density at radius 2 is 2.29 bits per heavy atom. The topological polar surface area (TPSA) is 35.2 Å². The molecule has 0 bridgehead atoms. The van der Waals surface area contributed by atoms with E-state index in [4.69, 9.17) is 10.5 Å². The Morgan fingerprint density at radius 3 is 3.00 bits per heavy atom.